The Hall–Kier alpha value is -1.17. The van der Waals surface area contributed by atoms with Crippen LogP contribution < -0.4 is 5.73 Å². The highest BCUT2D eigenvalue weighted by Crippen LogP contribution is 2.43. The summed E-state index contributed by atoms with van der Waals surface area (Å²) in [5.74, 6) is -1.36. The summed E-state index contributed by atoms with van der Waals surface area (Å²) in [6.07, 6.45) is 2.08. The maximum atomic E-state index is 12.7. The third kappa shape index (κ3) is 2.98. The van der Waals surface area contributed by atoms with Crippen LogP contribution in [0, 0.1) is 11.8 Å². The van der Waals surface area contributed by atoms with Gasteiger partial charge in [-0.25, -0.2) is 9.97 Å². The van der Waals surface area contributed by atoms with Crippen LogP contribution in [0.2, 0.25) is 0 Å². The second-order valence-electron chi connectivity index (χ2n) is 4.86. The zero-order valence-electron chi connectivity index (χ0n) is 9.90. The van der Waals surface area contributed by atoms with E-state index in [4.69, 9.17) is 5.73 Å². The predicted molar refractivity (Wildman–Crippen MR) is 60.5 cm³/mol. The van der Waals surface area contributed by atoms with Crippen molar-refractivity contribution in [2.24, 2.45) is 17.6 Å². The van der Waals surface area contributed by atoms with Gasteiger partial charge in [0, 0.05) is 24.0 Å². The summed E-state index contributed by atoms with van der Waals surface area (Å²) >= 11 is 0. The lowest BCUT2D eigenvalue weighted by Gasteiger charge is -2.33. The average molecular weight is 259 g/mol. The molecule has 0 bridgehead atoms. The first-order chi connectivity index (χ1) is 8.48. The van der Waals surface area contributed by atoms with Crippen molar-refractivity contribution in [3.63, 3.8) is 0 Å². The normalized spacial score (nSPS) is 26.9. The van der Waals surface area contributed by atoms with E-state index in [-0.39, 0.29) is 18.8 Å². The molecule has 0 aromatic carbocycles. The van der Waals surface area contributed by atoms with Crippen molar-refractivity contribution in [2.45, 2.75) is 37.9 Å². The largest absolute Gasteiger partial charge is 0.391 e. The molecule has 0 saturated heterocycles. The molecule has 2 N–H and O–H groups in total. The molecular weight excluding hydrogens is 243 g/mol. The van der Waals surface area contributed by atoms with E-state index in [9.17, 15) is 13.2 Å². The number of aromatic nitrogens is 2. The predicted octanol–water partition coefficient (Wildman–Crippen LogP) is 2.85. The van der Waals surface area contributed by atoms with E-state index in [2.05, 4.69) is 9.97 Å². The van der Waals surface area contributed by atoms with Gasteiger partial charge in [0.15, 0.2) is 0 Å². The molecule has 3 atom stereocenters. The summed E-state index contributed by atoms with van der Waals surface area (Å²) in [4.78, 5) is 7.71. The van der Waals surface area contributed by atoms with Crippen LogP contribution in [0.15, 0.2) is 18.7 Å². The number of hydrogen-bond acceptors (Lipinski definition) is 3. The van der Waals surface area contributed by atoms with Crippen molar-refractivity contribution >= 4 is 0 Å². The first kappa shape index (κ1) is 13.3. The summed E-state index contributed by atoms with van der Waals surface area (Å²) in [5.41, 5.74) is 6.74. The van der Waals surface area contributed by atoms with Crippen LogP contribution in [0.4, 0.5) is 13.2 Å². The zero-order chi connectivity index (χ0) is 13.2. The summed E-state index contributed by atoms with van der Waals surface area (Å²) in [6, 6.07) is -0.406. The number of hydrogen-bond donors (Lipinski definition) is 1. The van der Waals surface area contributed by atoms with Gasteiger partial charge in [0.2, 0.25) is 0 Å². The van der Waals surface area contributed by atoms with Crippen LogP contribution in [0.1, 0.15) is 37.3 Å². The van der Waals surface area contributed by atoms with Crippen molar-refractivity contribution in [1.29, 1.82) is 0 Å². The Labute approximate surface area is 104 Å². The Bertz CT molecular complexity index is 380. The van der Waals surface area contributed by atoms with Crippen molar-refractivity contribution < 1.29 is 13.2 Å². The van der Waals surface area contributed by atoms with Crippen LogP contribution in [0.25, 0.3) is 0 Å². The Morgan fingerprint density at radius 2 is 1.89 bits per heavy atom. The minimum Gasteiger partial charge on any atom is -0.324 e. The lowest BCUT2D eigenvalue weighted by Crippen LogP contribution is -2.33. The first-order valence-corrected chi connectivity index (χ1v) is 6.05. The average Bonchev–Trinajstić information content (AvgIpc) is 2.38. The summed E-state index contributed by atoms with van der Waals surface area (Å²) < 4.78 is 38.1. The van der Waals surface area contributed by atoms with Crippen molar-refractivity contribution in [1.82, 2.24) is 9.97 Å². The van der Waals surface area contributed by atoms with Gasteiger partial charge < -0.3 is 5.73 Å². The van der Waals surface area contributed by atoms with Gasteiger partial charge >= 0.3 is 6.18 Å². The van der Waals surface area contributed by atoms with Crippen LogP contribution in [-0.2, 0) is 0 Å². The van der Waals surface area contributed by atoms with Gasteiger partial charge in [0.05, 0.1) is 5.92 Å². The molecule has 2 rings (SSSR count). The van der Waals surface area contributed by atoms with Gasteiger partial charge in [0.25, 0.3) is 0 Å². The Morgan fingerprint density at radius 1 is 1.22 bits per heavy atom. The molecule has 1 aliphatic rings. The topological polar surface area (TPSA) is 51.8 Å². The quantitative estimate of drug-likeness (QED) is 0.888. The molecule has 1 aromatic heterocycles. The molecular formula is C12H16F3N3. The molecule has 0 amide bonds. The van der Waals surface area contributed by atoms with Crippen molar-refractivity contribution in [3.05, 3.63) is 24.3 Å². The van der Waals surface area contributed by atoms with E-state index in [1.54, 1.807) is 12.4 Å². The van der Waals surface area contributed by atoms with Gasteiger partial charge in [-0.1, -0.05) is 6.42 Å². The molecule has 0 radical (unpaired) electrons. The molecule has 1 aromatic rings. The Kier molecular flexibility index (Phi) is 3.85. The maximum absolute atomic E-state index is 12.7. The molecule has 18 heavy (non-hydrogen) atoms. The van der Waals surface area contributed by atoms with E-state index in [0.717, 1.165) is 6.42 Å². The van der Waals surface area contributed by atoms with Crippen LogP contribution in [0.5, 0.6) is 0 Å². The van der Waals surface area contributed by atoms with Gasteiger partial charge in [-0.15, -0.1) is 0 Å². The van der Waals surface area contributed by atoms with Crippen LogP contribution in [0.3, 0.4) is 0 Å². The van der Waals surface area contributed by atoms with E-state index < -0.39 is 18.1 Å². The van der Waals surface area contributed by atoms with Crippen LogP contribution in [-0.4, -0.2) is 16.1 Å². The minimum absolute atomic E-state index is 0.111. The molecule has 3 nitrogen and oxygen atoms in total. The number of nitrogens with two attached hydrogens (primary N) is 1. The smallest absolute Gasteiger partial charge is 0.324 e. The molecule has 3 unspecified atom stereocenters. The maximum Gasteiger partial charge on any atom is 0.391 e. The molecule has 1 fully saturated rings. The fraction of sp³-hybridized carbons (Fsp3) is 0.667. The molecule has 1 heterocycles. The van der Waals surface area contributed by atoms with E-state index in [1.165, 1.54) is 6.33 Å². The number of alkyl halides is 3. The molecule has 6 heteroatoms. The third-order valence-corrected chi connectivity index (χ3v) is 3.65. The standard InChI is InChI=1S/C12H16F3N3/c13-12(14,15)10-3-1-2-8(4-10)11(16)9-5-17-7-18-6-9/h5-8,10-11H,1-4,16H2. The summed E-state index contributed by atoms with van der Waals surface area (Å²) in [5, 5.41) is 0. The van der Waals surface area contributed by atoms with Crippen molar-refractivity contribution in [2.75, 3.05) is 0 Å². The van der Waals surface area contributed by atoms with Gasteiger partial charge in [-0.05, 0) is 25.2 Å². The van der Waals surface area contributed by atoms with E-state index in [1.807, 2.05) is 0 Å². The van der Waals surface area contributed by atoms with Gasteiger partial charge in [-0.2, -0.15) is 13.2 Å². The fourth-order valence-corrected chi connectivity index (χ4v) is 2.61. The van der Waals surface area contributed by atoms with Gasteiger partial charge in [-0.3, -0.25) is 0 Å². The van der Waals surface area contributed by atoms with Gasteiger partial charge in [0.1, 0.15) is 6.33 Å². The highest BCUT2D eigenvalue weighted by molar-refractivity contribution is 5.10. The number of halogens is 3. The molecule has 1 aliphatic carbocycles. The Morgan fingerprint density at radius 3 is 2.50 bits per heavy atom. The number of rotatable bonds is 2. The molecule has 100 valence electrons. The Balaban J connectivity index is 2.05. The molecule has 1 saturated carbocycles. The lowest BCUT2D eigenvalue weighted by atomic mass is 9.76. The van der Waals surface area contributed by atoms with E-state index in [0.29, 0.717) is 12.0 Å². The second kappa shape index (κ2) is 5.22. The van der Waals surface area contributed by atoms with Crippen LogP contribution >= 0.6 is 0 Å². The molecule has 0 spiro atoms. The van der Waals surface area contributed by atoms with E-state index >= 15 is 0 Å². The lowest BCUT2D eigenvalue weighted by molar-refractivity contribution is -0.186. The highest BCUT2D eigenvalue weighted by Gasteiger charge is 2.43. The van der Waals surface area contributed by atoms with Crippen molar-refractivity contribution in [3.8, 4) is 0 Å². The zero-order valence-corrected chi connectivity index (χ0v) is 9.90. The highest BCUT2D eigenvalue weighted by atomic mass is 19.4. The second-order valence-corrected chi connectivity index (χ2v) is 4.86. The summed E-state index contributed by atoms with van der Waals surface area (Å²) in [6.45, 7) is 0. The monoisotopic (exact) mass is 259 g/mol. The molecule has 0 aliphatic heterocycles. The third-order valence-electron chi connectivity index (χ3n) is 3.65. The summed E-state index contributed by atoms with van der Waals surface area (Å²) in [7, 11) is 0. The SMILES string of the molecule is NC(c1cncnc1)C1CCCC(C(F)(F)F)C1. The first-order valence-electron chi connectivity index (χ1n) is 6.05. The fourth-order valence-electron chi connectivity index (χ4n) is 2.61. The number of nitrogens with zero attached hydrogens (tertiary/aromatic N) is 2. The minimum atomic E-state index is -4.11.